The Hall–Kier alpha value is -0.510. The maximum absolute atomic E-state index is 4.34. The first-order valence-corrected chi connectivity index (χ1v) is 7.41. The van der Waals surface area contributed by atoms with Crippen molar-refractivity contribution in [3.63, 3.8) is 0 Å². The molecule has 1 heterocycles. The van der Waals surface area contributed by atoms with Crippen LogP contribution in [0.2, 0.25) is 0 Å². The second kappa shape index (κ2) is 5.71. The highest BCUT2D eigenvalue weighted by Gasteiger charge is 2.29. The molecule has 1 aliphatic rings. The highest BCUT2D eigenvalue weighted by atomic mass is 32.2. The fourth-order valence-corrected chi connectivity index (χ4v) is 2.87. The SMILES string of the molecule is CCCCCSc1nnc(C2CC2)n1CC. The topological polar surface area (TPSA) is 30.7 Å². The third-order valence-corrected chi connectivity index (χ3v) is 4.04. The van der Waals surface area contributed by atoms with E-state index in [1.165, 1.54) is 43.7 Å². The van der Waals surface area contributed by atoms with Crippen LogP contribution in [0.1, 0.15) is 57.7 Å². The van der Waals surface area contributed by atoms with Crippen molar-refractivity contribution in [2.45, 2.75) is 63.6 Å². The summed E-state index contributed by atoms with van der Waals surface area (Å²) in [5.41, 5.74) is 0. The van der Waals surface area contributed by atoms with Crippen LogP contribution < -0.4 is 0 Å². The van der Waals surface area contributed by atoms with Crippen molar-refractivity contribution >= 4 is 11.8 Å². The zero-order valence-corrected chi connectivity index (χ0v) is 11.1. The summed E-state index contributed by atoms with van der Waals surface area (Å²) in [6, 6.07) is 0. The van der Waals surface area contributed by atoms with Gasteiger partial charge in [-0.15, -0.1) is 10.2 Å². The van der Waals surface area contributed by atoms with Crippen LogP contribution in [0.15, 0.2) is 5.16 Å². The van der Waals surface area contributed by atoms with E-state index in [1.54, 1.807) is 0 Å². The fourth-order valence-electron chi connectivity index (χ4n) is 1.86. The normalized spacial score (nSPS) is 15.6. The summed E-state index contributed by atoms with van der Waals surface area (Å²) in [7, 11) is 0. The maximum Gasteiger partial charge on any atom is 0.191 e. The third-order valence-electron chi connectivity index (χ3n) is 2.98. The third kappa shape index (κ3) is 2.78. The van der Waals surface area contributed by atoms with Crippen LogP contribution in [0.3, 0.4) is 0 Å². The van der Waals surface area contributed by atoms with Crippen LogP contribution in [0, 0.1) is 0 Å². The Bertz CT molecular complexity index is 331. The van der Waals surface area contributed by atoms with E-state index in [4.69, 9.17) is 0 Å². The van der Waals surface area contributed by atoms with Gasteiger partial charge < -0.3 is 4.57 Å². The molecule has 0 amide bonds. The van der Waals surface area contributed by atoms with E-state index in [0.717, 1.165) is 11.7 Å². The monoisotopic (exact) mass is 239 g/mol. The zero-order valence-electron chi connectivity index (χ0n) is 10.3. The molecule has 90 valence electrons. The molecule has 0 spiro atoms. The van der Waals surface area contributed by atoms with Crippen molar-refractivity contribution in [1.82, 2.24) is 14.8 Å². The fraction of sp³-hybridized carbons (Fsp3) is 0.833. The number of aromatic nitrogens is 3. The van der Waals surface area contributed by atoms with Crippen LogP contribution in [-0.2, 0) is 6.54 Å². The molecule has 0 N–H and O–H groups in total. The Balaban J connectivity index is 1.92. The molecule has 0 saturated heterocycles. The van der Waals surface area contributed by atoms with E-state index in [0.29, 0.717) is 5.92 Å². The Morgan fingerprint density at radius 2 is 2.06 bits per heavy atom. The molecule has 0 unspecified atom stereocenters. The predicted octanol–water partition coefficient (Wildman–Crippen LogP) is 3.46. The van der Waals surface area contributed by atoms with Crippen LogP contribution in [0.4, 0.5) is 0 Å². The Kier molecular flexibility index (Phi) is 4.27. The zero-order chi connectivity index (χ0) is 11.4. The molecule has 1 aromatic heterocycles. The number of unbranched alkanes of at least 4 members (excludes halogenated alkanes) is 2. The lowest BCUT2D eigenvalue weighted by atomic mass is 10.3. The summed E-state index contributed by atoms with van der Waals surface area (Å²) in [5.74, 6) is 3.11. The quantitative estimate of drug-likeness (QED) is 0.539. The molecule has 16 heavy (non-hydrogen) atoms. The van der Waals surface area contributed by atoms with Gasteiger partial charge in [0.1, 0.15) is 5.82 Å². The molecule has 0 atom stereocenters. The predicted molar refractivity (Wildman–Crippen MR) is 67.9 cm³/mol. The lowest BCUT2D eigenvalue weighted by Gasteiger charge is -2.05. The Labute approximate surface area is 102 Å². The van der Waals surface area contributed by atoms with E-state index in [2.05, 4.69) is 28.6 Å². The summed E-state index contributed by atoms with van der Waals surface area (Å²) < 4.78 is 2.30. The van der Waals surface area contributed by atoms with Crippen molar-refractivity contribution in [2.24, 2.45) is 0 Å². The van der Waals surface area contributed by atoms with Crippen molar-refractivity contribution in [3.05, 3.63) is 5.82 Å². The largest absolute Gasteiger partial charge is 0.306 e. The minimum Gasteiger partial charge on any atom is -0.306 e. The molecule has 0 aromatic carbocycles. The van der Waals surface area contributed by atoms with E-state index in [-0.39, 0.29) is 0 Å². The van der Waals surface area contributed by atoms with Gasteiger partial charge in [-0.25, -0.2) is 0 Å². The lowest BCUT2D eigenvalue weighted by molar-refractivity contribution is 0.643. The van der Waals surface area contributed by atoms with Gasteiger partial charge in [0.2, 0.25) is 0 Å². The molecular weight excluding hydrogens is 218 g/mol. The number of thioether (sulfide) groups is 1. The van der Waals surface area contributed by atoms with Gasteiger partial charge in [0, 0.05) is 18.2 Å². The second-order valence-electron chi connectivity index (χ2n) is 4.41. The molecular formula is C12H21N3S. The molecule has 0 bridgehead atoms. The summed E-state index contributed by atoms with van der Waals surface area (Å²) in [4.78, 5) is 0. The van der Waals surface area contributed by atoms with Crippen LogP contribution >= 0.6 is 11.8 Å². The molecule has 1 saturated carbocycles. The number of hydrogen-bond donors (Lipinski definition) is 0. The minimum atomic E-state index is 0.706. The average Bonchev–Trinajstić information content (AvgIpc) is 3.06. The minimum absolute atomic E-state index is 0.706. The van der Waals surface area contributed by atoms with Crippen LogP contribution in [-0.4, -0.2) is 20.5 Å². The first-order chi connectivity index (χ1) is 7.86. The van der Waals surface area contributed by atoms with Gasteiger partial charge in [-0.05, 0) is 26.2 Å². The van der Waals surface area contributed by atoms with Gasteiger partial charge >= 0.3 is 0 Å². The second-order valence-corrected chi connectivity index (χ2v) is 5.48. The van der Waals surface area contributed by atoms with Gasteiger partial charge in [0.15, 0.2) is 5.16 Å². The van der Waals surface area contributed by atoms with E-state index in [1.807, 2.05) is 11.8 Å². The number of hydrogen-bond acceptors (Lipinski definition) is 3. The van der Waals surface area contributed by atoms with Gasteiger partial charge in [-0.1, -0.05) is 31.5 Å². The van der Waals surface area contributed by atoms with Gasteiger partial charge in [-0.3, -0.25) is 0 Å². The van der Waals surface area contributed by atoms with Crippen LogP contribution in [0.5, 0.6) is 0 Å². The molecule has 3 nitrogen and oxygen atoms in total. The Morgan fingerprint density at radius 1 is 1.25 bits per heavy atom. The highest BCUT2D eigenvalue weighted by molar-refractivity contribution is 7.99. The molecule has 0 aliphatic heterocycles. The first-order valence-electron chi connectivity index (χ1n) is 6.42. The van der Waals surface area contributed by atoms with Gasteiger partial charge in [-0.2, -0.15) is 0 Å². The lowest BCUT2D eigenvalue weighted by Crippen LogP contribution is -2.02. The van der Waals surface area contributed by atoms with Crippen molar-refractivity contribution in [2.75, 3.05) is 5.75 Å². The molecule has 1 fully saturated rings. The summed E-state index contributed by atoms with van der Waals surface area (Å²) >= 11 is 1.87. The number of nitrogens with zero attached hydrogens (tertiary/aromatic N) is 3. The van der Waals surface area contributed by atoms with Crippen molar-refractivity contribution in [3.8, 4) is 0 Å². The summed E-state index contributed by atoms with van der Waals surface area (Å²) in [6.45, 7) is 5.44. The standard InChI is InChI=1S/C12H21N3S/c1-3-5-6-9-16-12-14-13-11(10-7-8-10)15(12)4-2/h10H,3-9H2,1-2H3. The van der Waals surface area contributed by atoms with E-state index < -0.39 is 0 Å². The van der Waals surface area contributed by atoms with Crippen molar-refractivity contribution < 1.29 is 0 Å². The van der Waals surface area contributed by atoms with Gasteiger partial charge in [0.05, 0.1) is 0 Å². The molecule has 4 heteroatoms. The number of rotatable bonds is 7. The molecule has 1 aliphatic carbocycles. The van der Waals surface area contributed by atoms with Crippen LogP contribution in [0.25, 0.3) is 0 Å². The van der Waals surface area contributed by atoms with E-state index >= 15 is 0 Å². The molecule has 1 aromatic rings. The average molecular weight is 239 g/mol. The first kappa shape index (κ1) is 12.0. The maximum atomic E-state index is 4.34. The summed E-state index contributed by atoms with van der Waals surface area (Å²) in [6.07, 6.45) is 6.50. The molecule has 0 radical (unpaired) electrons. The van der Waals surface area contributed by atoms with E-state index in [9.17, 15) is 0 Å². The summed E-state index contributed by atoms with van der Waals surface area (Å²) in [5, 5.41) is 9.79. The Morgan fingerprint density at radius 3 is 2.69 bits per heavy atom. The highest BCUT2D eigenvalue weighted by Crippen LogP contribution is 2.39. The smallest absolute Gasteiger partial charge is 0.191 e. The molecule has 2 rings (SSSR count). The van der Waals surface area contributed by atoms with Crippen molar-refractivity contribution in [1.29, 1.82) is 0 Å². The van der Waals surface area contributed by atoms with Gasteiger partial charge in [0.25, 0.3) is 0 Å².